The molecular formula is C15H19N3O2. The van der Waals surface area contributed by atoms with Gasteiger partial charge < -0.3 is 14.0 Å². The molecule has 3 rings (SSSR count). The van der Waals surface area contributed by atoms with Crippen LogP contribution in [0.15, 0.2) is 24.3 Å². The lowest BCUT2D eigenvalue weighted by Gasteiger charge is -2.07. The van der Waals surface area contributed by atoms with Crippen LogP contribution >= 0.6 is 0 Å². The normalized spacial score (nSPS) is 14.3. The fourth-order valence-electron chi connectivity index (χ4n) is 2.14. The maximum Gasteiger partial charge on any atom is 0.170 e. The molecule has 0 N–H and O–H groups in total. The number of rotatable bonds is 6. The molecule has 1 saturated carbocycles. The second kappa shape index (κ2) is 5.53. The third-order valence-corrected chi connectivity index (χ3v) is 3.44. The molecule has 1 aliphatic rings. The van der Waals surface area contributed by atoms with Crippen LogP contribution in [0.2, 0.25) is 0 Å². The first-order chi connectivity index (χ1) is 9.78. The molecule has 1 fully saturated rings. The molecule has 0 amide bonds. The van der Waals surface area contributed by atoms with Gasteiger partial charge in [0.15, 0.2) is 5.82 Å². The average molecular weight is 273 g/mol. The van der Waals surface area contributed by atoms with E-state index in [9.17, 15) is 0 Å². The third-order valence-electron chi connectivity index (χ3n) is 3.44. The maximum absolute atomic E-state index is 5.74. The van der Waals surface area contributed by atoms with E-state index in [0.717, 1.165) is 23.1 Å². The molecule has 1 aliphatic carbocycles. The van der Waals surface area contributed by atoms with Crippen LogP contribution < -0.4 is 9.47 Å². The Morgan fingerprint density at radius 2 is 1.75 bits per heavy atom. The van der Waals surface area contributed by atoms with Crippen LogP contribution in [0.4, 0.5) is 0 Å². The molecule has 0 saturated heterocycles. The minimum Gasteiger partial charge on any atom is -0.494 e. The standard InChI is InChI=1S/C15H19N3O2/c1-3-19-12-6-8-13(9-7-12)20-10-14-16-17-15(18(14)2)11-4-5-11/h6-9,11H,3-5,10H2,1-2H3. The van der Waals surface area contributed by atoms with Gasteiger partial charge in [-0.15, -0.1) is 10.2 Å². The highest BCUT2D eigenvalue weighted by molar-refractivity contribution is 5.31. The van der Waals surface area contributed by atoms with Crippen LogP contribution in [-0.2, 0) is 13.7 Å². The van der Waals surface area contributed by atoms with E-state index in [0.29, 0.717) is 19.1 Å². The second-order valence-corrected chi connectivity index (χ2v) is 5.00. The predicted octanol–water partition coefficient (Wildman–Crippen LogP) is 2.67. The van der Waals surface area contributed by atoms with Crippen LogP contribution in [0.5, 0.6) is 11.5 Å². The highest BCUT2D eigenvalue weighted by Gasteiger charge is 2.29. The van der Waals surface area contributed by atoms with Crippen LogP contribution in [-0.4, -0.2) is 21.4 Å². The molecule has 5 nitrogen and oxygen atoms in total. The summed E-state index contributed by atoms with van der Waals surface area (Å²) in [4.78, 5) is 0. The minimum absolute atomic E-state index is 0.435. The van der Waals surface area contributed by atoms with Gasteiger partial charge in [-0.05, 0) is 44.0 Å². The first-order valence-corrected chi connectivity index (χ1v) is 7.01. The third kappa shape index (κ3) is 2.76. The molecular weight excluding hydrogens is 254 g/mol. The summed E-state index contributed by atoms with van der Waals surface area (Å²) in [6.07, 6.45) is 2.46. The molecule has 20 heavy (non-hydrogen) atoms. The van der Waals surface area contributed by atoms with Gasteiger partial charge in [0.05, 0.1) is 6.61 Å². The SMILES string of the molecule is CCOc1ccc(OCc2nnc(C3CC3)n2C)cc1. The molecule has 0 radical (unpaired) electrons. The lowest BCUT2D eigenvalue weighted by molar-refractivity contribution is 0.289. The molecule has 5 heteroatoms. The van der Waals surface area contributed by atoms with Gasteiger partial charge in [0, 0.05) is 13.0 Å². The summed E-state index contributed by atoms with van der Waals surface area (Å²) in [5, 5.41) is 8.44. The molecule has 0 atom stereocenters. The minimum atomic E-state index is 0.435. The van der Waals surface area contributed by atoms with E-state index in [4.69, 9.17) is 9.47 Å². The summed E-state index contributed by atoms with van der Waals surface area (Å²) in [5.41, 5.74) is 0. The summed E-state index contributed by atoms with van der Waals surface area (Å²) in [6.45, 7) is 3.07. The fraction of sp³-hybridized carbons (Fsp3) is 0.467. The molecule has 1 aromatic heterocycles. The lowest BCUT2D eigenvalue weighted by Crippen LogP contribution is -2.05. The van der Waals surface area contributed by atoms with Gasteiger partial charge in [-0.3, -0.25) is 0 Å². The highest BCUT2D eigenvalue weighted by atomic mass is 16.5. The van der Waals surface area contributed by atoms with Gasteiger partial charge in [0.25, 0.3) is 0 Å². The number of hydrogen-bond acceptors (Lipinski definition) is 4. The lowest BCUT2D eigenvalue weighted by atomic mass is 10.3. The molecule has 0 spiro atoms. The Hall–Kier alpha value is -2.04. The van der Waals surface area contributed by atoms with Crippen LogP contribution in [0.1, 0.15) is 37.3 Å². The summed E-state index contributed by atoms with van der Waals surface area (Å²) in [5.74, 6) is 4.21. The van der Waals surface area contributed by atoms with Crippen molar-refractivity contribution in [3.63, 3.8) is 0 Å². The molecule has 1 heterocycles. The van der Waals surface area contributed by atoms with Crippen LogP contribution in [0.25, 0.3) is 0 Å². The first-order valence-electron chi connectivity index (χ1n) is 7.01. The van der Waals surface area contributed by atoms with E-state index in [1.54, 1.807) is 0 Å². The zero-order valence-electron chi connectivity index (χ0n) is 11.9. The van der Waals surface area contributed by atoms with Gasteiger partial charge in [-0.2, -0.15) is 0 Å². The quantitative estimate of drug-likeness (QED) is 0.812. The molecule has 0 unspecified atom stereocenters. The molecule has 1 aromatic carbocycles. The Morgan fingerprint density at radius 3 is 2.35 bits per heavy atom. The van der Waals surface area contributed by atoms with Crippen LogP contribution in [0.3, 0.4) is 0 Å². The maximum atomic E-state index is 5.74. The molecule has 0 aliphatic heterocycles. The summed E-state index contributed by atoms with van der Waals surface area (Å²) in [6, 6.07) is 7.63. The van der Waals surface area contributed by atoms with Crippen molar-refractivity contribution in [1.82, 2.24) is 14.8 Å². The summed E-state index contributed by atoms with van der Waals surface area (Å²) in [7, 11) is 2.00. The number of aromatic nitrogens is 3. The van der Waals surface area contributed by atoms with Crippen molar-refractivity contribution in [2.45, 2.75) is 32.3 Å². The van der Waals surface area contributed by atoms with E-state index in [-0.39, 0.29) is 0 Å². The number of hydrogen-bond donors (Lipinski definition) is 0. The Bertz CT molecular complexity index is 573. The zero-order chi connectivity index (χ0) is 13.9. The Morgan fingerprint density at radius 1 is 1.10 bits per heavy atom. The number of ether oxygens (including phenoxy) is 2. The number of nitrogens with zero attached hydrogens (tertiary/aromatic N) is 3. The van der Waals surface area contributed by atoms with Crippen molar-refractivity contribution >= 4 is 0 Å². The largest absolute Gasteiger partial charge is 0.494 e. The first kappa shape index (κ1) is 13.0. The Kier molecular flexibility index (Phi) is 3.58. The van der Waals surface area contributed by atoms with Crippen molar-refractivity contribution in [2.24, 2.45) is 7.05 Å². The van der Waals surface area contributed by atoms with Crippen molar-refractivity contribution in [3.8, 4) is 11.5 Å². The highest BCUT2D eigenvalue weighted by Crippen LogP contribution is 2.38. The van der Waals surface area contributed by atoms with Crippen molar-refractivity contribution in [2.75, 3.05) is 6.61 Å². The Balaban J connectivity index is 1.61. The van der Waals surface area contributed by atoms with Crippen molar-refractivity contribution < 1.29 is 9.47 Å². The van der Waals surface area contributed by atoms with Crippen LogP contribution in [0, 0.1) is 0 Å². The average Bonchev–Trinajstić information content (AvgIpc) is 3.23. The smallest absolute Gasteiger partial charge is 0.170 e. The summed E-state index contributed by atoms with van der Waals surface area (Å²) >= 11 is 0. The molecule has 2 aromatic rings. The van der Waals surface area contributed by atoms with Gasteiger partial charge in [-0.25, -0.2) is 0 Å². The second-order valence-electron chi connectivity index (χ2n) is 5.00. The van der Waals surface area contributed by atoms with E-state index >= 15 is 0 Å². The molecule has 0 bridgehead atoms. The zero-order valence-corrected chi connectivity index (χ0v) is 11.9. The number of benzene rings is 1. The van der Waals surface area contributed by atoms with Crippen molar-refractivity contribution in [1.29, 1.82) is 0 Å². The van der Waals surface area contributed by atoms with Gasteiger partial charge in [0.2, 0.25) is 0 Å². The van der Waals surface area contributed by atoms with Gasteiger partial charge in [0.1, 0.15) is 23.9 Å². The van der Waals surface area contributed by atoms with E-state index in [1.165, 1.54) is 12.8 Å². The monoisotopic (exact) mass is 273 g/mol. The van der Waals surface area contributed by atoms with E-state index < -0.39 is 0 Å². The van der Waals surface area contributed by atoms with E-state index in [2.05, 4.69) is 10.2 Å². The van der Waals surface area contributed by atoms with E-state index in [1.807, 2.05) is 42.8 Å². The van der Waals surface area contributed by atoms with Gasteiger partial charge in [-0.1, -0.05) is 0 Å². The Labute approximate surface area is 118 Å². The topological polar surface area (TPSA) is 49.2 Å². The van der Waals surface area contributed by atoms with Crippen molar-refractivity contribution in [3.05, 3.63) is 35.9 Å². The van der Waals surface area contributed by atoms with Gasteiger partial charge >= 0.3 is 0 Å². The molecule has 106 valence electrons. The fourth-order valence-corrected chi connectivity index (χ4v) is 2.14. The predicted molar refractivity (Wildman–Crippen MR) is 74.9 cm³/mol. The summed E-state index contributed by atoms with van der Waals surface area (Å²) < 4.78 is 13.2.